The van der Waals surface area contributed by atoms with E-state index in [0.29, 0.717) is 0 Å². The van der Waals surface area contributed by atoms with Gasteiger partial charge in [0.15, 0.2) is 0 Å². The number of hydrogen-bond donors (Lipinski definition) is 2. The SMILES string of the molecule is CC(NC(=O)O)c1ccc(I)cc1. The molecule has 0 aromatic heterocycles. The summed E-state index contributed by atoms with van der Waals surface area (Å²) in [4.78, 5) is 10.3. The Morgan fingerprint density at radius 3 is 2.46 bits per heavy atom. The van der Waals surface area contributed by atoms with Crippen LogP contribution in [0.25, 0.3) is 0 Å². The van der Waals surface area contributed by atoms with Crippen LogP contribution in [-0.4, -0.2) is 11.2 Å². The van der Waals surface area contributed by atoms with E-state index < -0.39 is 6.09 Å². The van der Waals surface area contributed by atoms with Crippen molar-refractivity contribution in [3.8, 4) is 0 Å². The maximum absolute atomic E-state index is 10.3. The Morgan fingerprint density at radius 1 is 1.46 bits per heavy atom. The van der Waals surface area contributed by atoms with E-state index in [2.05, 4.69) is 27.9 Å². The van der Waals surface area contributed by atoms with E-state index in [1.807, 2.05) is 31.2 Å². The monoisotopic (exact) mass is 291 g/mol. The highest BCUT2D eigenvalue weighted by atomic mass is 127. The van der Waals surface area contributed by atoms with Gasteiger partial charge >= 0.3 is 6.09 Å². The summed E-state index contributed by atoms with van der Waals surface area (Å²) >= 11 is 2.21. The third kappa shape index (κ3) is 3.22. The van der Waals surface area contributed by atoms with Crippen molar-refractivity contribution in [1.82, 2.24) is 5.32 Å². The molecule has 0 fully saturated rings. The summed E-state index contributed by atoms with van der Waals surface area (Å²) in [5.74, 6) is 0. The van der Waals surface area contributed by atoms with Gasteiger partial charge in [0, 0.05) is 3.57 Å². The molecule has 1 aromatic rings. The van der Waals surface area contributed by atoms with Crippen molar-refractivity contribution >= 4 is 28.7 Å². The molecule has 0 aliphatic rings. The fourth-order valence-corrected chi connectivity index (χ4v) is 1.38. The molecule has 70 valence electrons. The highest BCUT2D eigenvalue weighted by Gasteiger charge is 2.06. The summed E-state index contributed by atoms with van der Waals surface area (Å²) in [6.07, 6.45) is -0.994. The second-order valence-corrected chi connectivity index (χ2v) is 3.97. The summed E-state index contributed by atoms with van der Waals surface area (Å²) in [7, 11) is 0. The lowest BCUT2D eigenvalue weighted by Crippen LogP contribution is -2.24. The predicted octanol–water partition coefficient (Wildman–Crippen LogP) is 2.62. The van der Waals surface area contributed by atoms with Crippen molar-refractivity contribution in [2.45, 2.75) is 13.0 Å². The molecule has 0 radical (unpaired) electrons. The van der Waals surface area contributed by atoms with Gasteiger partial charge in [-0.05, 0) is 47.2 Å². The fraction of sp³-hybridized carbons (Fsp3) is 0.222. The Labute approximate surface area is 90.3 Å². The number of halogens is 1. The molecule has 0 spiro atoms. The van der Waals surface area contributed by atoms with Gasteiger partial charge in [0.25, 0.3) is 0 Å². The molecule has 2 N–H and O–H groups in total. The normalized spacial score (nSPS) is 12.2. The zero-order valence-corrected chi connectivity index (χ0v) is 9.28. The van der Waals surface area contributed by atoms with E-state index in [1.165, 1.54) is 0 Å². The Bertz CT molecular complexity index is 297. The summed E-state index contributed by atoms with van der Waals surface area (Å²) < 4.78 is 1.14. The van der Waals surface area contributed by atoms with Gasteiger partial charge < -0.3 is 10.4 Å². The topological polar surface area (TPSA) is 49.3 Å². The molecule has 1 aromatic carbocycles. The first-order valence-electron chi connectivity index (χ1n) is 3.84. The molecule has 0 bridgehead atoms. The average Bonchev–Trinajstić information content (AvgIpc) is 2.04. The first-order chi connectivity index (χ1) is 6.09. The zero-order valence-electron chi connectivity index (χ0n) is 7.12. The standard InChI is InChI=1S/C9H10INO2/c1-6(11-9(12)13)7-2-4-8(10)5-3-7/h2-6,11H,1H3,(H,12,13). The Morgan fingerprint density at radius 2 is 2.00 bits per heavy atom. The molecular weight excluding hydrogens is 281 g/mol. The van der Waals surface area contributed by atoms with Crippen molar-refractivity contribution < 1.29 is 9.90 Å². The Hall–Kier alpha value is -0.780. The largest absolute Gasteiger partial charge is 0.465 e. The van der Waals surface area contributed by atoms with Gasteiger partial charge in [-0.1, -0.05) is 12.1 Å². The van der Waals surface area contributed by atoms with Gasteiger partial charge in [0.05, 0.1) is 6.04 Å². The van der Waals surface area contributed by atoms with Gasteiger partial charge in [-0.2, -0.15) is 0 Å². The molecule has 0 aliphatic carbocycles. The second kappa shape index (κ2) is 4.45. The van der Waals surface area contributed by atoms with Crippen LogP contribution < -0.4 is 5.32 Å². The van der Waals surface area contributed by atoms with E-state index in [9.17, 15) is 4.79 Å². The van der Waals surface area contributed by atoms with E-state index in [4.69, 9.17) is 5.11 Å². The van der Waals surface area contributed by atoms with Crippen LogP contribution in [-0.2, 0) is 0 Å². The second-order valence-electron chi connectivity index (χ2n) is 2.72. The lowest BCUT2D eigenvalue weighted by molar-refractivity contribution is 0.191. The fourth-order valence-electron chi connectivity index (χ4n) is 1.02. The van der Waals surface area contributed by atoms with Crippen molar-refractivity contribution in [1.29, 1.82) is 0 Å². The maximum atomic E-state index is 10.3. The molecule has 0 aliphatic heterocycles. The van der Waals surface area contributed by atoms with Crippen LogP contribution >= 0.6 is 22.6 Å². The molecule has 4 heteroatoms. The third-order valence-electron chi connectivity index (χ3n) is 1.71. The lowest BCUT2D eigenvalue weighted by Gasteiger charge is -2.11. The molecule has 0 saturated carbocycles. The minimum atomic E-state index is -0.994. The number of hydrogen-bond acceptors (Lipinski definition) is 1. The van der Waals surface area contributed by atoms with Crippen LogP contribution in [0, 0.1) is 3.57 Å². The van der Waals surface area contributed by atoms with E-state index in [1.54, 1.807) is 0 Å². The van der Waals surface area contributed by atoms with Crippen molar-refractivity contribution in [3.63, 3.8) is 0 Å². The highest BCUT2D eigenvalue weighted by Crippen LogP contribution is 2.13. The van der Waals surface area contributed by atoms with Crippen LogP contribution in [0.3, 0.4) is 0 Å². The molecule has 0 heterocycles. The van der Waals surface area contributed by atoms with Gasteiger partial charge in [0.2, 0.25) is 0 Å². The van der Waals surface area contributed by atoms with Crippen LogP contribution in [0.1, 0.15) is 18.5 Å². The molecule has 3 nitrogen and oxygen atoms in total. The Kier molecular flexibility index (Phi) is 3.53. The maximum Gasteiger partial charge on any atom is 0.405 e. The molecule has 1 rings (SSSR count). The average molecular weight is 291 g/mol. The van der Waals surface area contributed by atoms with Crippen molar-refractivity contribution in [3.05, 3.63) is 33.4 Å². The molecule has 1 atom stereocenters. The van der Waals surface area contributed by atoms with Crippen LogP contribution in [0.5, 0.6) is 0 Å². The van der Waals surface area contributed by atoms with Crippen molar-refractivity contribution in [2.24, 2.45) is 0 Å². The summed E-state index contributed by atoms with van der Waals surface area (Å²) in [6.45, 7) is 1.82. The minimum Gasteiger partial charge on any atom is -0.465 e. The summed E-state index contributed by atoms with van der Waals surface area (Å²) in [6, 6.07) is 7.59. The van der Waals surface area contributed by atoms with Crippen LogP contribution in [0.4, 0.5) is 4.79 Å². The van der Waals surface area contributed by atoms with Crippen LogP contribution in [0.2, 0.25) is 0 Å². The first-order valence-corrected chi connectivity index (χ1v) is 4.92. The van der Waals surface area contributed by atoms with Crippen molar-refractivity contribution in [2.75, 3.05) is 0 Å². The number of carboxylic acid groups (broad SMARTS) is 1. The molecular formula is C9H10INO2. The highest BCUT2D eigenvalue weighted by molar-refractivity contribution is 14.1. The zero-order chi connectivity index (χ0) is 9.84. The van der Waals surface area contributed by atoms with Gasteiger partial charge in [-0.25, -0.2) is 4.79 Å². The minimum absolute atomic E-state index is 0.158. The number of nitrogens with one attached hydrogen (secondary N) is 1. The third-order valence-corrected chi connectivity index (χ3v) is 2.43. The van der Waals surface area contributed by atoms with Gasteiger partial charge in [-0.15, -0.1) is 0 Å². The van der Waals surface area contributed by atoms with Crippen LogP contribution in [0.15, 0.2) is 24.3 Å². The summed E-state index contributed by atoms with van der Waals surface area (Å²) in [5.41, 5.74) is 0.975. The number of carbonyl (C=O) groups is 1. The van der Waals surface area contributed by atoms with E-state index in [0.717, 1.165) is 9.13 Å². The smallest absolute Gasteiger partial charge is 0.405 e. The van der Waals surface area contributed by atoms with E-state index in [-0.39, 0.29) is 6.04 Å². The molecule has 1 amide bonds. The lowest BCUT2D eigenvalue weighted by atomic mass is 10.1. The quantitative estimate of drug-likeness (QED) is 0.823. The van der Waals surface area contributed by atoms with Gasteiger partial charge in [-0.3, -0.25) is 0 Å². The first kappa shape index (κ1) is 10.3. The van der Waals surface area contributed by atoms with Gasteiger partial charge in [0.1, 0.15) is 0 Å². The number of amides is 1. The molecule has 0 saturated heterocycles. The van der Waals surface area contributed by atoms with E-state index >= 15 is 0 Å². The number of rotatable bonds is 2. The molecule has 13 heavy (non-hydrogen) atoms. The number of benzene rings is 1. The Balaban J connectivity index is 2.71. The summed E-state index contributed by atoms with van der Waals surface area (Å²) in [5, 5.41) is 10.9. The predicted molar refractivity (Wildman–Crippen MR) is 58.7 cm³/mol. The molecule has 1 unspecified atom stereocenters.